The van der Waals surface area contributed by atoms with Gasteiger partial charge in [0.1, 0.15) is 0 Å². The predicted molar refractivity (Wildman–Crippen MR) is 174 cm³/mol. The summed E-state index contributed by atoms with van der Waals surface area (Å²) in [4.78, 5) is 42.5. The molecule has 2 aliphatic rings. The van der Waals surface area contributed by atoms with Crippen molar-refractivity contribution in [2.45, 2.75) is 46.2 Å². The molecular formula is C33H37N5O4S2. The Kier molecular flexibility index (Phi) is 9.31. The van der Waals surface area contributed by atoms with Crippen molar-refractivity contribution in [3.05, 3.63) is 84.2 Å². The number of hydrogen-bond donors (Lipinski definition) is 3. The maximum absolute atomic E-state index is 13.4. The standard InChI is InChI=1S/C33H37N5O4S2/c1-20-22(17-28(41)32-35-26-9-11-37(13-15-39)18-29(26)43-32)5-3-6-23(20)24-7-4-8-25(21(24)2)34-31(42)33-36-27-10-12-38(14-16-40)19-30(27)44-33/h3-8,39-40H,9-19H2,1-2H3,(H,34,42). The van der Waals surface area contributed by atoms with Gasteiger partial charge in [-0.3, -0.25) is 19.4 Å². The second kappa shape index (κ2) is 13.4. The molecule has 0 saturated heterocycles. The molecule has 2 aliphatic heterocycles. The number of anilines is 1. The zero-order chi connectivity index (χ0) is 30.8. The number of aliphatic hydroxyl groups excluding tert-OH is 2. The van der Waals surface area contributed by atoms with E-state index in [-0.39, 0.29) is 31.3 Å². The van der Waals surface area contributed by atoms with E-state index in [4.69, 9.17) is 0 Å². The molecule has 230 valence electrons. The first-order valence-corrected chi connectivity index (χ1v) is 16.6. The number of amides is 1. The third-order valence-electron chi connectivity index (χ3n) is 8.55. The number of benzene rings is 2. The minimum absolute atomic E-state index is 0.0155. The predicted octanol–water partition coefficient (Wildman–Crippen LogP) is 4.26. The van der Waals surface area contributed by atoms with E-state index >= 15 is 0 Å². The highest BCUT2D eigenvalue weighted by atomic mass is 32.1. The molecule has 2 aromatic heterocycles. The van der Waals surface area contributed by atoms with E-state index in [0.717, 1.165) is 87.1 Å². The normalized spacial score (nSPS) is 15.2. The summed E-state index contributed by atoms with van der Waals surface area (Å²) >= 11 is 2.90. The Balaban J connectivity index is 1.18. The Bertz CT molecular complexity index is 1570. The van der Waals surface area contributed by atoms with Crippen molar-refractivity contribution in [1.82, 2.24) is 19.8 Å². The van der Waals surface area contributed by atoms with Gasteiger partial charge in [0.05, 0.1) is 24.6 Å². The van der Waals surface area contributed by atoms with Crippen LogP contribution in [0.1, 0.15) is 57.4 Å². The molecule has 6 rings (SSSR count). The molecule has 9 nitrogen and oxygen atoms in total. The van der Waals surface area contributed by atoms with Crippen molar-refractivity contribution in [3.63, 3.8) is 0 Å². The van der Waals surface area contributed by atoms with Crippen LogP contribution < -0.4 is 5.32 Å². The zero-order valence-corrected chi connectivity index (χ0v) is 26.7. The molecule has 0 fully saturated rings. The number of ketones is 1. The molecule has 0 atom stereocenters. The van der Waals surface area contributed by atoms with Gasteiger partial charge in [0.25, 0.3) is 5.91 Å². The summed E-state index contributed by atoms with van der Waals surface area (Å²) in [5.41, 5.74) is 7.67. The third-order valence-corrected chi connectivity index (χ3v) is 10.8. The molecule has 3 N–H and O–H groups in total. The van der Waals surface area contributed by atoms with Crippen molar-refractivity contribution < 1.29 is 19.8 Å². The van der Waals surface area contributed by atoms with Crippen LogP contribution in [0.3, 0.4) is 0 Å². The summed E-state index contributed by atoms with van der Waals surface area (Å²) in [6.07, 6.45) is 1.85. The van der Waals surface area contributed by atoms with Crippen LogP contribution in [0.15, 0.2) is 36.4 Å². The van der Waals surface area contributed by atoms with Gasteiger partial charge in [0.2, 0.25) is 0 Å². The van der Waals surface area contributed by atoms with Crippen molar-refractivity contribution in [2.75, 3.05) is 44.7 Å². The Hall–Kier alpha value is -3.32. The fourth-order valence-corrected chi connectivity index (χ4v) is 8.17. The summed E-state index contributed by atoms with van der Waals surface area (Å²) in [7, 11) is 0. The molecule has 1 amide bonds. The highest BCUT2D eigenvalue weighted by molar-refractivity contribution is 7.14. The van der Waals surface area contributed by atoms with Crippen LogP contribution in [0.25, 0.3) is 11.1 Å². The minimum atomic E-state index is -0.222. The lowest BCUT2D eigenvalue weighted by Crippen LogP contribution is -2.32. The fourth-order valence-electron chi connectivity index (χ4n) is 6.03. The zero-order valence-electron chi connectivity index (χ0n) is 25.1. The number of aliphatic hydroxyl groups is 2. The van der Waals surface area contributed by atoms with Gasteiger partial charge >= 0.3 is 0 Å². The summed E-state index contributed by atoms with van der Waals surface area (Å²) in [5.74, 6) is -0.207. The van der Waals surface area contributed by atoms with Crippen LogP contribution in [0.4, 0.5) is 5.69 Å². The average molecular weight is 632 g/mol. The van der Waals surface area contributed by atoms with Crippen LogP contribution in [-0.4, -0.2) is 81.1 Å². The summed E-state index contributed by atoms with van der Waals surface area (Å²) in [6, 6.07) is 11.9. The molecule has 4 aromatic rings. The number of nitrogens with zero attached hydrogens (tertiary/aromatic N) is 4. The lowest BCUT2D eigenvalue weighted by Gasteiger charge is -2.24. The second-order valence-corrected chi connectivity index (χ2v) is 13.6. The molecule has 44 heavy (non-hydrogen) atoms. The number of carbonyl (C=O) groups excluding carboxylic acids is 2. The SMILES string of the molecule is Cc1c(CC(=O)c2nc3c(s2)CN(CCO)CC3)cccc1-c1cccc(NC(=O)c2nc3c(s2)CN(CCO)CC3)c1C. The largest absolute Gasteiger partial charge is 0.395 e. The van der Waals surface area contributed by atoms with E-state index in [1.165, 1.54) is 22.7 Å². The van der Waals surface area contributed by atoms with E-state index in [1.807, 2.05) is 44.2 Å². The molecule has 0 bridgehead atoms. The molecule has 4 heterocycles. The van der Waals surface area contributed by atoms with Crippen molar-refractivity contribution in [1.29, 1.82) is 0 Å². The number of β-amino-alcohol motifs (C(OH)–C–C–N with tert-alkyl or cyclic N) is 2. The minimum Gasteiger partial charge on any atom is -0.395 e. The Morgan fingerprint density at radius 1 is 0.818 bits per heavy atom. The van der Waals surface area contributed by atoms with E-state index in [9.17, 15) is 19.8 Å². The van der Waals surface area contributed by atoms with Gasteiger partial charge in [0, 0.05) is 74.0 Å². The molecule has 0 unspecified atom stereocenters. The summed E-state index contributed by atoms with van der Waals surface area (Å²) < 4.78 is 0. The molecule has 0 aliphatic carbocycles. The number of aromatic nitrogens is 2. The lowest BCUT2D eigenvalue weighted by molar-refractivity contribution is 0.0990. The topological polar surface area (TPSA) is 119 Å². The molecule has 0 radical (unpaired) electrons. The quantitative estimate of drug-likeness (QED) is 0.222. The monoisotopic (exact) mass is 631 g/mol. The van der Waals surface area contributed by atoms with Gasteiger partial charge in [-0.25, -0.2) is 9.97 Å². The van der Waals surface area contributed by atoms with Gasteiger partial charge < -0.3 is 15.5 Å². The number of thiazole rings is 2. The first kappa shape index (κ1) is 30.7. The van der Waals surface area contributed by atoms with E-state index in [0.29, 0.717) is 29.6 Å². The van der Waals surface area contributed by atoms with Crippen LogP contribution in [0.2, 0.25) is 0 Å². The second-order valence-electron chi connectivity index (χ2n) is 11.4. The van der Waals surface area contributed by atoms with Gasteiger partial charge in [-0.15, -0.1) is 22.7 Å². The molecule has 2 aromatic carbocycles. The number of fused-ring (bicyclic) bond motifs is 2. The third kappa shape index (κ3) is 6.39. The number of nitrogens with one attached hydrogen (secondary N) is 1. The maximum Gasteiger partial charge on any atom is 0.284 e. The van der Waals surface area contributed by atoms with Gasteiger partial charge in [-0.1, -0.05) is 30.3 Å². The average Bonchev–Trinajstić information content (AvgIpc) is 3.64. The molecule has 0 saturated carbocycles. The highest BCUT2D eigenvalue weighted by Gasteiger charge is 2.25. The van der Waals surface area contributed by atoms with Crippen molar-refractivity contribution >= 4 is 40.1 Å². The summed E-state index contributed by atoms with van der Waals surface area (Å²) in [6.45, 7) is 8.67. The smallest absolute Gasteiger partial charge is 0.284 e. The number of carbonyl (C=O) groups is 2. The van der Waals surface area contributed by atoms with Crippen LogP contribution in [0, 0.1) is 13.8 Å². The van der Waals surface area contributed by atoms with E-state index in [1.54, 1.807) is 0 Å². The van der Waals surface area contributed by atoms with Gasteiger partial charge in [-0.05, 0) is 47.7 Å². The van der Waals surface area contributed by atoms with E-state index in [2.05, 4.69) is 31.2 Å². The van der Waals surface area contributed by atoms with Gasteiger partial charge in [-0.2, -0.15) is 0 Å². The summed E-state index contributed by atoms with van der Waals surface area (Å²) in [5, 5.41) is 22.7. The lowest BCUT2D eigenvalue weighted by atomic mass is 9.91. The first-order chi connectivity index (χ1) is 21.3. The van der Waals surface area contributed by atoms with Crippen molar-refractivity contribution in [3.8, 4) is 11.1 Å². The number of hydrogen-bond acceptors (Lipinski definition) is 10. The van der Waals surface area contributed by atoms with Crippen LogP contribution in [0.5, 0.6) is 0 Å². The fraction of sp³-hybridized carbons (Fsp3) is 0.394. The number of Topliss-reactive ketones (excluding diaryl/α,β-unsaturated/α-hetero) is 1. The van der Waals surface area contributed by atoms with Crippen LogP contribution in [-0.2, 0) is 32.4 Å². The molecule has 0 spiro atoms. The van der Waals surface area contributed by atoms with E-state index < -0.39 is 0 Å². The Labute approximate surface area is 265 Å². The molecule has 11 heteroatoms. The maximum atomic E-state index is 13.4. The number of rotatable bonds is 10. The Morgan fingerprint density at radius 3 is 2.02 bits per heavy atom. The Morgan fingerprint density at radius 2 is 1.39 bits per heavy atom. The highest BCUT2D eigenvalue weighted by Crippen LogP contribution is 2.34. The van der Waals surface area contributed by atoms with Gasteiger partial charge in [0.15, 0.2) is 15.8 Å². The van der Waals surface area contributed by atoms with Crippen LogP contribution >= 0.6 is 22.7 Å². The van der Waals surface area contributed by atoms with Crippen molar-refractivity contribution in [2.24, 2.45) is 0 Å². The molecular weight excluding hydrogens is 595 g/mol. The first-order valence-electron chi connectivity index (χ1n) is 15.0.